The molecule has 0 heterocycles. The average molecular weight is 243 g/mol. The van der Waals surface area contributed by atoms with Crippen molar-refractivity contribution in [3.05, 3.63) is 0 Å². The Labute approximate surface area is 104 Å². The molecule has 2 atom stereocenters. The lowest BCUT2D eigenvalue weighted by molar-refractivity contribution is -0.142. The van der Waals surface area contributed by atoms with Gasteiger partial charge in [-0.05, 0) is 18.3 Å². The number of carboxylic acids is 1. The van der Waals surface area contributed by atoms with Gasteiger partial charge in [0.2, 0.25) is 5.91 Å². The molecule has 0 spiro atoms. The molecule has 2 unspecified atom stereocenters. The maximum absolute atomic E-state index is 11.7. The summed E-state index contributed by atoms with van der Waals surface area (Å²) in [6, 6.07) is -0.734. The second kappa shape index (κ2) is 8.09. The number of hydrogen-bond donors (Lipinski definition) is 2. The van der Waals surface area contributed by atoms with Crippen LogP contribution in [0.1, 0.15) is 53.4 Å². The van der Waals surface area contributed by atoms with E-state index in [1.165, 1.54) is 0 Å². The van der Waals surface area contributed by atoms with Gasteiger partial charge < -0.3 is 10.4 Å². The molecule has 4 heteroatoms. The van der Waals surface area contributed by atoms with Crippen molar-refractivity contribution in [1.82, 2.24) is 5.32 Å². The molecule has 0 rings (SSSR count). The molecular formula is C13H25NO3. The minimum atomic E-state index is -0.941. The quantitative estimate of drug-likeness (QED) is 0.688. The fourth-order valence-corrected chi connectivity index (χ4v) is 1.45. The van der Waals surface area contributed by atoms with Gasteiger partial charge in [-0.3, -0.25) is 4.79 Å². The van der Waals surface area contributed by atoms with Crippen LogP contribution in [0.3, 0.4) is 0 Å². The highest BCUT2D eigenvalue weighted by molar-refractivity contribution is 5.83. The molecule has 0 aromatic heterocycles. The summed E-state index contributed by atoms with van der Waals surface area (Å²) in [5, 5.41) is 11.6. The normalized spacial score (nSPS) is 14.4. The van der Waals surface area contributed by atoms with E-state index in [0.717, 1.165) is 12.8 Å². The van der Waals surface area contributed by atoms with Crippen molar-refractivity contribution in [3.8, 4) is 0 Å². The highest BCUT2D eigenvalue weighted by Gasteiger charge is 2.20. The number of hydrogen-bond acceptors (Lipinski definition) is 2. The monoisotopic (exact) mass is 243 g/mol. The summed E-state index contributed by atoms with van der Waals surface area (Å²) in [5.41, 5.74) is 0. The van der Waals surface area contributed by atoms with Crippen LogP contribution in [0.5, 0.6) is 0 Å². The van der Waals surface area contributed by atoms with E-state index in [1.54, 1.807) is 0 Å². The van der Waals surface area contributed by atoms with Crippen LogP contribution in [0.4, 0.5) is 0 Å². The molecule has 0 aromatic carbocycles. The van der Waals surface area contributed by atoms with Gasteiger partial charge in [-0.2, -0.15) is 0 Å². The topological polar surface area (TPSA) is 66.4 Å². The third-order valence-electron chi connectivity index (χ3n) is 3.13. The number of carboxylic acid groups (broad SMARTS) is 1. The van der Waals surface area contributed by atoms with Crippen molar-refractivity contribution in [1.29, 1.82) is 0 Å². The molecule has 0 aliphatic rings. The summed E-state index contributed by atoms with van der Waals surface area (Å²) >= 11 is 0. The van der Waals surface area contributed by atoms with Gasteiger partial charge in [-0.15, -0.1) is 0 Å². The summed E-state index contributed by atoms with van der Waals surface area (Å²) in [6.45, 7) is 8.13. The van der Waals surface area contributed by atoms with Crippen molar-refractivity contribution in [3.63, 3.8) is 0 Å². The zero-order valence-corrected chi connectivity index (χ0v) is 11.3. The van der Waals surface area contributed by atoms with Crippen molar-refractivity contribution in [2.45, 2.75) is 59.4 Å². The Balaban J connectivity index is 4.16. The first-order valence-electron chi connectivity index (χ1n) is 6.40. The number of nitrogens with one attached hydrogen (secondary N) is 1. The van der Waals surface area contributed by atoms with Crippen molar-refractivity contribution >= 4 is 11.9 Å². The molecule has 0 radical (unpaired) electrons. The lowest BCUT2D eigenvalue weighted by Gasteiger charge is -2.18. The van der Waals surface area contributed by atoms with E-state index in [2.05, 4.69) is 19.2 Å². The maximum Gasteiger partial charge on any atom is 0.326 e. The zero-order valence-electron chi connectivity index (χ0n) is 11.3. The van der Waals surface area contributed by atoms with Crippen molar-refractivity contribution in [2.75, 3.05) is 0 Å². The fourth-order valence-electron chi connectivity index (χ4n) is 1.45. The molecule has 4 nitrogen and oxygen atoms in total. The summed E-state index contributed by atoms with van der Waals surface area (Å²) < 4.78 is 0. The standard InChI is InChI=1S/C13H25NO3/c1-5-6-7-11(13(16)17)14-12(15)8-10(4)9(2)3/h9-11H,5-8H2,1-4H3,(H,14,15)(H,16,17). The number of amides is 1. The molecule has 17 heavy (non-hydrogen) atoms. The van der Waals surface area contributed by atoms with Gasteiger partial charge in [0.05, 0.1) is 0 Å². The van der Waals surface area contributed by atoms with Gasteiger partial charge in [0.1, 0.15) is 6.04 Å². The molecule has 100 valence electrons. The molecule has 0 aliphatic heterocycles. The molecule has 2 N–H and O–H groups in total. The molecule has 0 saturated carbocycles. The predicted octanol–water partition coefficient (Wildman–Crippen LogP) is 2.43. The Kier molecular flexibility index (Phi) is 7.59. The van der Waals surface area contributed by atoms with E-state index < -0.39 is 12.0 Å². The van der Waals surface area contributed by atoms with E-state index in [1.807, 2.05) is 13.8 Å². The summed E-state index contributed by atoms with van der Waals surface area (Å²) in [7, 11) is 0. The highest BCUT2D eigenvalue weighted by Crippen LogP contribution is 2.14. The average Bonchev–Trinajstić information content (AvgIpc) is 2.23. The van der Waals surface area contributed by atoms with E-state index in [4.69, 9.17) is 5.11 Å². The van der Waals surface area contributed by atoms with Crippen LogP contribution in [0, 0.1) is 11.8 Å². The number of unbranched alkanes of at least 4 members (excludes halogenated alkanes) is 1. The Bertz CT molecular complexity index is 251. The van der Waals surface area contributed by atoms with Gasteiger partial charge in [0.25, 0.3) is 0 Å². The maximum atomic E-state index is 11.7. The first-order chi connectivity index (χ1) is 7.88. The number of carbonyl (C=O) groups excluding carboxylic acids is 1. The van der Waals surface area contributed by atoms with Crippen LogP contribution in [-0.4, -0.2) is 23.0 Å². The van der Waals surface area contributed by atoms with E-state index in [-0.39, 0.29) is 11.8 Å². The Hall–Kier alpha value is -1.06. The van der Waals surface area contributed by atoms with Gasteiger partial charge in [0.15, 0.2) is 0 Å². The molecule has 0 bridgehead atoms. The molecular weight excluding hydrogens is 218 g/mol. The second-order valence-corrected chi connectivity index (χ2v) is 5.03. The van der Waals surface area contributed by atoms with E-state index in [0.29, 0.717) is 18.8 Å². The van der Waals surface area contributed by atoms with Gasteiger partial charge in [-0.1, -0.05) is 40.5 Å². The summed E-state index contributed by atoms with van der Waals surface area (Å²) in [6.07, 6.45) is 2.65. The molecule has 1 amide bonds. The first kappa shape index (κ1) is 15.9. The van der Waals surface area contributed by atoms with Crippen LogP contribution in [-0.2, 0) is 9.59 Å². The highest BCUT2D eigenvalue weighted by atomic mass is 16.4. The van der Waals surface area contributed by atoms with Crippen LogP contribution < -0.4 is 5.32 Å². The van der Waals surface area contributed by atoms with Crippen LogP contribution >= 0.6 is 0 Å². The third kappa shape index (κ3) is 6.97. The first-order valence-corrected chi connectivity index (χ1v) is 6.40. The molecule has 0 aliphatic carbocycles. The van der Waals surface area contributed by atoms with E-state index in [9.17, 15) is 9.59 Å². The predicted molar refractivity (Wildman–Crippen MR) is 67.7 cm³/mol. The second-order valence-electron chi connectivity index (χ2n) is 5.03. The van der Waals surface area contributed by atoms with Gasteiger partial charge in [0, 0.05) is 6.42 Å². The number of carbonyl (C=O) groups is 2. The smallest absolute Gasteiger partial charge is 0.326 e. The fraction of sp³-hybridized carbons (Fsp3) is 0.846. The van der Waals surface area contributed by atoms with Crippen LogP contribution in [0.25, 0.3) is 0 Å². The lowest BCUT2D eigenvalue weighted by atomic mass is 9.94. The lowest BCUT2D eigenvalue weighted by Crippen LogP contribution is -2.41. The third-order valence-corrected chi connectivity index (χ3v) is 3.13. The number of aliphatic carboxylic acids is 1. The summed E-state index contributed by atoms with van der Waals surface area (Å²) in [4.78, 5) is 22.6. The SMILES string of the molecule is CCCCC(NC(=O)CC(C)C(C)C)C(=O)O. The van der Waals surface area contributed by atoms with Crippen LogP contribution in [0.15, 0.2) is 0 Å². The Morgan fingerprint density at radius 2 is 1.82 bits per heavy atom. The van der Waals surface area contributed by atoms with Crippen molar-refractivity contribution in [2.24, 2.45) is 11.8 Å². The minimum absolute atomic E-state index is 0.158. The zero-order chi connectivity index (χ0) is 13.4. The minimum Gasteiger partial charge on any atom is -0.480 e. The summed E-state index contributed by atoms with van der Waals surface area (Å²) in [5.74, 6) is -0.394. The molecule has 0 fully saturated rings. The molecule has 0 aromatic rings. The van der Waals surface area contributed by atoms with Gasteiger partial charge >= 0.3 is 5.97 Å². The Morgan fingerprint density at radius 3 is 2.24 bits per heavy atom. The number of rotatable bonds is 8. The van der Waals surface area contributed by atoms with Crippen LogP contribution in [0.2, 0.25) is 0 Å². The van der Waals surface area contributed by atoms with Crippen molar-refractivity contribution < 1.29 is 14.7 Å². The van der Waals surface area contributed by atoms with Gasteiger partial charge in [-0.25, -0.2) is 4.79 Å². The molecule has 0 saturated heterocycles. The Morgan fingerprint density at radius 1 is 1.24 bits per heavy atom. The van der Waals surface area contributed by atoms with E-state index >= 15 is 0 Å². The largest absolute Gasteiger partial charge is 0.480 e.